The van der Waals surface area contributed by atoms with Crippen LogP contribution in [0.15, 0.2) is 12.5 Å². The Morgan fingerprint density at radius 3 is 2.82 bits per heavy atom. The Kier molecular flexibility index (Phi) is 6.66. The molecule has 1 rings (SSSR count). The summed E-state index contributed by atoms with van der Waals surface area (Å²) in [6, 6.07) is 0. The van der Waals surface area contributed by atoms with Gasteiger partial charge >= 0.3 is 0 Å². The number of rotatable bonds is 8. The SMILES string of the molecule is CCSCCCn1cncc1C(CN)C(C)C. The second kappa shape index (κ2) is 7.77. The Bertz CT molecular complexity index is 309. The van der Waals surface area contributed by atoms with Crippen LogP contribution in [0.1, 0.15) is 38.8 Å². The lowest BCUT2D eigenvalue weighted by Crippen LogP contribution is -2.21. The van der Waals surface area contributed by atoms with Crippen LogP contribution in [-0.4, -0.2) is 27.6 Å². The van der Waals surface area contributed by atoms with Crippen LogP contribution in [0.4, 0.5) is 0 Å². The fourth-order valence-corrected chi connectivity index (χ4v) is 2.66. The average Bonchev–Trinajstić information content (AvgIpc) is 2.73. The Hall–Kier alpha value is -0.480. The minimum Gasteiger partial charge on any atom is -0.334 e. The maximum Gasteiger partial charge on any atom is 0.0948 e. The topological polar surface area (TPSA) is 43.8 Å². The van der Waals surface area contributed by atoms with Crippen LogP contribution in [0.2, 0.25) is 0 Å². The van der Waals surface area contributed by atoms with Crippen LogP contribution in [0.5, 0.6) is 0 Å². The summed E-state index contributed by atoms with van der Waals surface area (Å²) in [7, 11) is 0. The number of aryl methyl sites for hydroxylation is 1. The Balaban J connectivity index is 2.58. The molecule has 1 unspecified atom stereocenters. The van der Waals surface area contributed by atoms with E-state index in [1.165, 1.54) is 23.6 Å². The van der Waals surface area contributed by atoms with Crippen molar-refractivity contribution in [2.24, 2.45) is 11.7 Å². The maximum atomic E-state index is 5.86. The van der Waals surface area contributed by atoms with Gasteiger partial charge in [0, 0.05) is 30.9 Å². The van der Waals surface area contributed by atoms with Crippen LogP contribution in [0.3, 0.4) is 0 Å². The van der Waals surface area contributed by atoms with Crippen molar-refractivity contribution in [2.45, 2.75) is 39.7 Å². The van der Waals surface area contributed by atoms with Crippen LogP contribution in [0.25, 0.3) is 0 Å². The molecule has 3 nitrogen and oxygen atoms in total. The molecule has 0 fully saturated rings. The minimum absolute atomic E-state index is 0.427. The van der Waals surface area contributed by atoms with Crippen molar-refractivity contribution >= 4 is 11.8 Å². The van der Waals surface area contributed by atoms with Gasteiger partial charge in [0.15, 0.2) is 0 Å². The number of hydrogen-bond donors (Lipinski definition) is 1. The summed E-state index contributed by atoms with van der Waals surface area (Å²) in [5.74, 6) is 3.42. The van der Waals surface area contributed by atoms with Crippen LogP contribution >= 0.6 is 11.8 Å². The Morgan fingerprint density at radius 1 is 1.47 bits per heavy atom. The van der Waals surface area contributed by atoms with Gasteiger partial charge in [-0.2, -0.15) is 11.8 Å². The molecule has 0 aliphatic rings. The van der Waals surface area contributed by atoms with Crippen molar-refractivity contribution in [3.05, 3.63) is 18.2 Å². The van der Waals surface area contributed by atoms with Gasteiger partial charge in [0.1, 0.15) is 0 Å². The summed E-state index contributed by atoms with van der Waals surface area (Å²) in [6.45, 7) is 8.42. The predicted molar refractivity (Wildman–Crippen MR) is 76.5 cm³/mol. The molecule has 1 aromatic heterocycles. The number of nitrogens with two attached hydrogens (primary N) is 1. The smallest absolute Gasteiger partial charge is 0.0948 e. The van der Waals surface area contributed by atoms with Gasteiger partial charge in [0.25, 0.3) is 0 Å². The van der Waals surface area contributed by atoms with E-state index in [9.17, 15) is 0 Å². The molecule has 0 saturated carbocycles. The van der Waals surface area contributed by atoms with E-state index < -0.39 is 0 Å². The van der Waals surface area contributed by atoms with Gasteiger partial charge in [-0.1, -0.05) is 20.8 Å². The van der Waals surface area contributed by atoms with Crippen molar-refractivity contribution in [2.75, 3.05) is 18.1 Å². The van der Waals surface area contributed by atoms with E-state index in [0.717, 1.165) is 6.54 Å². The lowest BCUT2D eigenvalue weighted by molar-refractivity contribution is 0.471. The zero-order valence-electron chi connectivity index (χ0n) is 11.2. The number of thioether (sulfide) groups is 1. The van der Waals surface area contributed by atoms with Crippen molar-refractivity contribution in [1.29, 1.82) is 0 Å². The molecular formula is C13H25N3S. The summed E-state index contributed by atoms with van der Waals surface area (Å²) in [4.78, 5) is 4.27. The fraction of sp³-hybridized carbons (Fsp3) is 0.769. The molecule has 0 aromatic carbocycles. The summed E-state index contributed by atoms with van der Waals surface area (Å²) in [5.41, 5.74) is 7.16. The Labute approximate surface area is 109 Å². The van der Waals surface area contributed by atoms with E-state index >= 15 is 0 Å². The summed E-state index contributed by atoms with van der Waals surface area (Å²) < 4.78 is 2.27. The molecule has 0 amide bonds. The first-order valence-corrected chi connectivity index (χ1v) is 7.64. The van der Waals surface area contributed by atoms with Gasteiger partial charge in [-0.15, -0.1) is 0 Å². The highest BCUT2D eigenvalue weighted by atomic mass is 32.2. The minimum atomic E-state index is 0.427. The van der Waals surface area contributed by atoms with Crippen LogP contribution in [-0.2, 0) is 6.54 Å². The third-order valence-electron chi connectivity index (χ3n) is 3.07. The first-order valence-electron chi connectivity index (χ1n) is 6.48. The molecule has 17 heavy (non-hydrogen) atoms. The van der Waals surface area contributed by atoms with Gasteiger partial charge in [-0.3, -0.25) is 0 Å². The monoisotopic (exact) mass is 255 g/mol. The van der Waals surface area contributed by atoms with Crippen LogP contribution < -0.4 is 5.73 Å². The average molecular weight is 255 g/mol. The Morgan fingerprint density at radius 2 is 2.24 bits per heavy atom. The number of nitrogens with zero attached hydrogens (tertiary/aromatic N) is 2. The van der Waals surface area contributed by atoms with Gasteiger partial charge in [-0.05, 0) is 23.8 Å². The highest BCUT2D eigenvalue weighted by molar-refractivity contribution is 7.99. The second-order valence-corrected chi connectivity index (χ2v) is 6.04. The predicted octanol–water partition coefficient (Wildman–Crippen LogP) is 2.72. The third-order valence-corrected chi connectivity index (χ3v) is 4.06. The van der Waals surface area contributed by atoms with E-state index in [2.05, 4.69) is 30.3 Å². The number of imidazole rings is 1. The third kappa shape index (κ3) is 4.36. The van der Waals surface area contributed by atoms with Crippen molar-refractivity contribution < 1.29 is 0 Å². The lowest BCUT2D eigenvalue weighted by Gasteiger charge is -2.20. The van der Waals surface area contributed by atoms with E-state index in [0.29, 0.717) is 18.4 Å². The highest BCUT2D eigenvalue weighted by Gasteiger charge is 2.17. The first kappa shape index (κ1) is 14.6. The van der Waals surface area contributed by atoms with E-state index in [4.69, 9.17) is 5.73 Å². The highest BCUT2D eigenvalue weighted by Crippen LogP contribution is 2.23. The van der Waals surface area contributed by atoms with E-state index in [1.807, 2.05) is 24.3 Å². The van der Waals surface area contributed by atoms with Crippen molar-refractivity contribution in [3.63, 3.8) is 0 Å². The van der Waals surface area contributed by atoms with Crippen molar-refractivity contribution in [1.82, 2.24) is 9.55 Å². The van der Waals surface area contributed by atoms with Crippen LogP contribution in [0, 0.1) is 5.92 Å². The second-order valence-electron chi connectivity index (χ2n) is 4.65. The molecule has 0 spiro atoms. The fourth-order valence-electron chi connectivity index (χ4n) is 2.04. The summed E-state index contributed by atoms with van der Waals surface area (Å²) in [5, 5.41) is 0. The summed E-state index contributed by atoms with van der Waals surface area (Å²) >= 11 is 2.00. The standard InChI is InChI=1S/C13H25N3S/c1-4-17-7-5-6-16-10-15-9-13(16)12(8-14)11(2)3/h9-12H,4-8,14H2,1-3H3. The van der Waals surface area contributed by atoms with Crippen molar-refractivity contribution in [3.8, 4) is 0 Å². The van der Waals surface area contributed by atoms with Gasteiger partial charge in [0.05, 0.1) is 6.33 Å². The maximum absolute atomic E-state index is 5.86. The molecule has 0 radical (unpaired) electrons. The lowest BCUT2D eigenvalue weighted by atomic mass is 9.93. The van der Waals surface area contributed by atoms with Gasteiger partial charge in [0.2, 0.25) is 0 Å². The van der Waals surface area contributed by atoms with E-state index in [-0.39, 0.29) is 0 Å². The number of aromatic nitrogens is 2. The molecule has 98 valence electrons. The quantitative estimate of drug-likeness (QED) is 0.726. The normalized spacial score (nSPS) is 13.2. The van der Waals surface area contributed by atoms with Gasteiger partial charge < -0.3 is 10.3 Å². The molecule has 0 bridgehead atoms. The molecule has 1 atom stereocenters. The zero-order chi connectivity index (χ0) is 12.7. The van der Waals surface area contributed by atoms with E-state index in [1.54, 1.807) is 0 Å². The molecule has 1 heterocycles. The first-order chi connectivity index (χ1) is 8.20. The molecule has 4 heteroatoms. The zero-order valence-corrected chi connectivity index (χ0v) is 12.0. The summed E-state index contributed by atoms with van der Waals surface area (Å²) in [6.07, 6.45) is 5.12. The molecule has 0 saturated heterocycles. The van der Waals surface area contributed by atoms with Gasteiger partial charge in [-0.25, -0.2) is 4.98 Å². The molecule has 0 aliphatic heterocycles. The largest absolute Gasteiger partial charge is 0.334 e. The molecule has 1 aromatic rings. The molecule has 2 N–H and O–H groups in total. The molecule has 0 aliphatic carbocycles. The number of hydrogen-bond acceptors (Lipinski definition) is 3. The molecular weight excluding hydrogens is 230 g/mol.